The number of benzene rings is 1. The molecule has 25 heavy (non-hydrogen) atoms. The van der Waals surface area contributed by atoms with E-state index in [2.05, 4.69) is 25.3 Å². The molecule has 0 spiro atoms. The predicted octanol–water partition coefficient (Wildman–Crippen LogP) is 2.94. The number of carbonyl (C=O) groups excluding carboxylic acids is 1. The molecule has 7 heteroatoms. The van der Waals surface area contributed by atoms with Crippen LogP contribution in [0.4, 0.5) is 0 Å². The van der Waals surface area contributed by atoms with Crippen LogP contribution in [0.5, 0.6) is 0 Å². The lowest BCUT2D eigenvalue weighted by Gasteiger charge is -2.01. The van der Waals surface area contributed by atoms with E-state index >= 15 is 0 Å². The third-order valence-corrected chi connectivity index (χ3v) is 4.63. The van der Waals surface area contributed by atoms with Gasteiger partial charge in [0.1, 0.15) is 10.8 Å². The fraction of sp³-hybridized carbons (Fsp3) is 0.111. The summed E-state index contributed by atoms with van der Waals surface area (Å²) in [6, 6.07) is 11.6. The van der Waals surface area contributed by atoms with Crippen LogP contribution in [0, 0.1) is 0 Å². The topological polar surface area (TPSA) is 83.6 Å². The fourth-order valence-electron chi connectivity index (χ4n) is 2.51. The molecule has 1 aromatic carbocycles. The lowest BCUT2D eigenvalue weighted by molar-refractivity contribution is -0.120. The molecular formula is C18H15N5OS. The molecule has 0 unspecified atom stereocenters. The van der Waals surface area contributed by atoms with Crippen molar-refractivity contribution in [1.29, 1.82) is 0 Å². The van der Waals surface area contributed by atoms with Crippen LogP contribution < -0.4 is 5.32 Å². The second-order valence-electron chi connectivity index (χ2n) is 5.54. The Morgan fingerprint density at radius 1 is 1.16 bits per heavy atom. The maximum atomic E-state index is 12.1. The van der Waals surface area contributed by atoms with E-state index in [1.807, 2.05) is 41.8 Å². The molecule has 124 valence electrons. The number of rotatable bonds is 5. The van der Waals surface area contributed by atoms with E-state index in [4.69, 9.17) is 0 Å². The first-order valence-corrected chi connectivity index (χ1v) is 8.71. The number of nitrogens with one attached hydrogen (secondary N) is 2. The lowest BCUT2D eigenvalue weighted by Crippen LogP contribution is -2.25. The molecule has 0 fully saturated rings. The Bertz CT molecular complexity index is 975. The minimum absolute atomic E-state index is 0.0801. The molecule has 3 aromatic heterocycles. The Kier molecular flexibility index (Phi) is 4.22. The smallest absolute Gasteiger partial charge is 0.226 e. The zero-order valence-electron chi connectivity index (χ0n) is 13.3. The summed E-state index contributed by atoms with van der Waals surface area (Å²) in [6.07, 6.45) is 3.74. The number of hydrogen-bond acceptors (Lipinski definition) is 5. The number of fused-ring (bicyclic) bond motifs is 1. The van der Waals surface area contributed by atoms with Crippen molar-refractivity contribution in [2.24, 2.45) is 0 Å². The number of amides is 1. The molecule has 0 aliphatic rings. The van der Waals surface area contributed by atoms with Crippen molar-refractivity contribution >= 4 is 28.3 Å². The van der Waals surface area contributed by atoms with Crippen molar-refractivity contribution in [3.05, 3.63) is 65.7 Å². The highest BCUT2D eigenvalue weighted by atomic mass is 32.1. The molecule has 0 aliphatic heterocycles. The molecule has 1 amide bonds. The quantitative estimate of drug-likeness (QED) is 0.580. The fourth-order valence-corrected chi connectivity index (χ4v) is 3.32. The van der Waals surface area contributed by atoms with E-state index in [0.717, 1.165) is 33.1 Å². The number of aromatic amines is 1. The average molecular weight is 349 g/mol. The van der Waals surface area contributed by atoms with E-state index in [1.165, 1.54) is 11.3 Å². The first kappa shape index (κ1) is 15.5. The van der Waals surface area contributed by atoms with Crippen molar-refractivity contribution in [2.75, 3.05) is 0 Å². The molecule has 0 atom stereocenters. The monoisotopic (exact) mass is 349 g/mol. The van der Waals surface area contributed by atoms with Crippen LogP contribution >= 0.6 is 11.3 Å². The first-order valence-electron chi connectivity index (χ1n) is 7.83. The van der Waals surface area contributed by atoms with Gasteiger partial charge < -0.3 is 10.3 Å². The van der Waals surface area contributed by atoms with E-state index in [9.17, 15) is 4.79 Å². The first-order chi connectivity index (χ1) is 12.3. The zero-order valence-corrected chi connectivity index (χ0v) is 14.1. The SMILES string of the molecule is O=C(Cc1csc(-c2cccnc2)n1)NCc1nc2ccccc2[nH]1. The van der Waals surface area contributed by atoms with Gasteiger partial charge >= 0.3 is 0 Å². The molecule has 0 bridgehead atoms. The molecule has 0 saturated carbocycles. The highest BCUT2D eigenvalue weighted by molar-refractivity contribution is 7.13. The number of pyridine rings is 1. The standard InChI is InChI=1S/C18H15N5OS/c24-17(20-10-16-22-14-5-1-2-6-15(14)23-16)8-13-11-25-18(21-13)12-4-3-7-19-9-12/h1-7,9,11H,8,10H2,(H,20,24)(H,22,23). The number of para-hydroxylation sites is 2. The molecule has 6 nitrogen and oxygen atoms in total. The number of hydrogen-bond donors (Lipinski definition) is 2. The molecule has 0 radical (unpaired) electrons. The average Bonchev–Trinajstić information content (AvgIpc) is 3.27. The summed E-state index contributed by atoms with van der Waals surface area (Å²) in [6.45, 7) is 0.368. The third-order valence-electron chi connectivity index (χ3n) is 3.69. The van der Waals surface area contributed by atoms with Gasteiger partial charge in [0, 0.05) is 23.3 Å². The summed E-state index contributed by atoms with van der Waals surface area (Å²) >= 11 is 1.51. The van der Waals surface area contributed by atoms with Crippen LogP contribution in [0.15, 0.2) is 54.2 Å². The normalized spacial score (nSPS) is 10.9. The van der Waals surface area contributed by atoms with Gasteiger partial charge in [0.25, 0.3) is 0 Å². The van der Waals surface area contributed by atoms with Gasteiger partial charge in [-0.3, -0.25) is 9.78 Å². The highest BCUT2D eigenvalue weighted by Crippen LogP contribution is 2.22. The molecule has 0 saturated heterocycles. The number of carbonyl (C=O) groups is 1. The van der Waals surface area contributed by atoms with E-state index < -0.39 is 0 Å². The van der Waals surface area contributed by atoms with Crippen LogP contribution in [0.3, 0.4) is 0 Å². The van der Waals surface area contributed by atoms with Gasteiger partial charge in [-0.15, -0.1) is 11.3 Å². The Morgan fingerprint density at radius 2 is 2.08 bits per heavy atom. The van der Waals surface area contributed by atoms with Crippen molar-refractivity contribution < 1.29 is 4.79 Å². The predicted molar refractivity (Wildman–Crippen MR) is 97.0 cm³/mol. The number of aromatic nitrogens is 4. The van der Waals surface area contributed by atoms with Crippen molar-refractivity contribution in [3.63, 3.8) is 0 Å². The maximum absolute atomic E-state index is 12.1. The van der Waals surface area contributed by atoms with Crippen LogP contribution in [0.1, 0.15) is 11.5 Å². The van der Waals surface area contributed by atoms with E-state index in [1.54, 1.807) is 12.4 Å². The van der Waals surface area contributed by atoms with Gasteiger partial charge in [0.05, 0.1) is 29.7 Å². The lowest BCUT2D eigenvalue weighted by atomic mass is 10.3. The van der Waals surface area contributed by atoms with Gasteiger partial charge in [0.2, 0.25) is 5.91 Å². The molecule has 4 aromatic rings. The summed E-state index contributed by atoms with van der Waals surface area (Å²) in [7, 11) is 0. The van der Waals surface area contributed by atoms with E-state index in [0.29, 0.717) is 6.54 Å². The second kappa shape index (κ2) is 6.82. The van der Waals surface area contributed by atoms with Gasteiger partial charge in [-0.2, -0.15) is 0 Å². The van der Waals surface area contributed by atoms with Crippen molar-refractivity contribution in [2.45, 2.75) is 13.0 Å². The van der Waals surface area contributed by atoms with Gasteiger partial charge in [0.15, 0.2) is 0 Å². The number of thiazole rings is 1. The Morgan fingerprint density at radius 3 is 2.92 bits per heavy atom. The van der Waals surface area contributed by atoms with Gasteiger partial charge in [-0.05, 0) is 24.3 Å². The van der Waals surface area contributed by atoms with Crippen molar-refractivity contribution in [1.82, 2.24) is 25.3 Å². The minimum Gasteiger partial charge on any atom is -0.349 e. The Labute approximate surface area is 148 Å². The highest BCUT2D eigenvalue weighted by Gasteiger charge is 2.10. The van der Waals surface area contributed by atoms with Crippen LogP contribution in [-0.2, 0) is 17.8 Å². The number of imidazole rings is 1. The largest absolute Gasteiger partial charge is 0.349 e. The molecule has 0 aliphatic carbocycles. The summed E-state index contributed by atoms with van der Waals surface area (Å²) in [5, 5.41) is 5.65. The molecule has 2 N–H and O–H groups in total. The summed E-state index contributed by atoms with van der Waals surface area (Å²) in [5.74, 6) is 0.660. The van der Waals surface area contributed by atoms with Gasteiger partial charge in [-0.25, -0.2) is 9.97 Å². The Hall–Kier alpha value is -3.06. The van der Waals surface area contributed by atoms with Gasteiger partial charge in [-0.1, -0.05) is 12.1 Å². The van der Waals surface area contributed by atoms with Crippen LogP contribution in [0.2, 0.25) is 0 Å². The maximum Gasteiger partial charge on any atom is 0.226 e. The number of H-pyrrole nitrogens is 1. The van der Waals surface area contributed by atoms with Crippen molar-refractivity contribution in [3.8, 4) is 10.6 Å². The summed E-state index contributed by atoms with van der Waals surface area (Å²) < 4.78 is 0. The molecule has 4 rings (SSSR count). The minimum atomic E-state index is -0.0801. The van der Waals surface area contributed by atoms with E-state index in [-0.39, 0.29) is 12.3 Å². The summed E-state index contributed by atoms with van der Waals surface area (Å²) in [5.41, 5.74) is 3.58. The third kappa shape index (κ3) is 3.56. The number of nitrogens with zero attached hydrogens (tertiary/aromatic N) is 3. The molecule has 3 heterocycles. The Balaban J connectivity index is 1.37. The molecular weight excluding hydrogens is 334 g/mol. The second-order valence-corrected chi connectivity index (χ2v) is 6.40. The summed E-state index contributed by atoms with van der Waals surface area (Å²) in [4.78, 5) is 28.4. The zero-order chi connectivity index (χ0) is 17.1. The van der Waals surface area contributed by atoms with Crippen LogP contribution in [-0.4, -0.2) is 25.8 Å². The van der Waals surface area contributed by atoms with Crippen LogP contribution in [0.25, 0.3) is 21.6 Å².